The third-order valence-electron chi connectivity index (χ3n) is 7.96. The van der Waals surface area contributed by atoms with Gasteiger partial charge in [0.15, 0.2) is 0 Å². The Balaban J connectivity index is 1.43. The summed E-state index contributed by atoms with van der Waals surface area (Å²) in [6.07, 6.45) is 6.45. The minimum atomic E-state index is -0.672. The van der Waals surface area contributed by atoms with Crippen LogP contribution in [0.2, 0.25) is 0 Å². The van der Waals surface area contributed by atoms with Crippen molar-refractivity contribution in [3.05, 3.63) is 77.2 Å². The average molecular weight is 503 g/mol. The molecule has 0 aliphatic heterocycles. The second-order valence-electron chi connectivity index (χ2n) is 10.2. The zero-order valence-corrected chi connectivity index (χ0v) is 20.5. The van der Waals surface area contributed by atoms with Crippen molar-refractivity contribution in [3.63, 3.8) is 0 Å². The lowest BCUT2D eigenvalue weighted by molar-refractivity contribution is -0.119. The second kappa shape index (κ2) is 8.22. The molecule has 10 heteroatoms. The number of benzene rings is 1. The lowest BCUT2D eigenvalue weighted by Crippen LogP contribution is -2.38. The fraction of sp³-hybridized carbons (Fsp3) is 0.333. The van der Waals surface area contributed by atoms with Crippen LogP contribution in [0.15, 0.2) is 47.3 Å². The summed E-state index contributed by atoms with van der Waals surface area (Å²) in [5.74, 6) is -1.09. The summed E-state index contributed by atoms with van der Waals surface area (Å²) in [7, 11) is 0. The van der Waals surface area contributed by atoms with Crippen LogP contribution in [-0.4, -0.2) is 31.1 Å². The highest BCUT2D eigenvalue weighted by Crippen LogP contribution is 2.69. The van der Waals surface area contributed by atoms with Gasteiger partial charge in [0.2, 0.25) is 11.8 Å². The molecule has 0 unspecified atom stereocenters. The van der Waals surface area contributed by atoms with E-state index in [2.05, 4.69) is 39.3 Å². The van der Waals surface area contributed by atoms with E-state index in [-0.39, 0.29) is 35.0 Å². The number of nitrogens with one attached hydrogen (secondary N) is 1. The maximum atomic E-state index is 14.5. The Hall–Kier alpha value is -4.08. The van der Waals surface area contributed by atoms with Gasteiger partial charge in [0.25, 0.3) is 0 Å². The van der Waals surface area contributed by atoms with E-state index in [1.165, 1.54) is 31.4 Å². The first-order chi connectivity index (χ1) is 17.7. The topological polar surface area (TPSA) is 107 Å². The maximum Gasteiger partial charge on any atom is 0.246 e. The van der Waals surface area contributed by atoms with Gasteiger partial charge >= 0.3 is 0 Å². The summed E-state index contributed by atoms with van der Waals surface area (Å²) in [5, 5.41) is 11.5. The SMILES string of the molecule is CC(=O)NCc1coc(-c2cncc([C@@]34CC[C@@H](c5cc(-c6c(F)cccc6F)nnc53)C4(C)C)n2)n1. The first-order valence-corrected chi connectivity index (χ1v) is 12.1. The third-order valence-corrected chi connectivity index (χ3v) is 7.96. The van der Waals surface area contributed by atoms with E-state index >= 15 is 0 Å². The number of nitrogens with zero attached hydrogens (tertiary/aromatic N) is 5. The summed E-state index contributed by atoms with van der Waals surface area (Å²) in [4.78, 5) is 25.0. The molecule has 3 heterocycles. The predicted octanol–water partition coefficient (Wildman–Crippen LogP) is 4.71. The minimum absolute atomic E-state index is 0.114. The van der Waals surface area contributed by atoms with Crippen molar-refractivity contribution in [2.75, 3.05) is 0 Å². The standard InChI is InChI=1S/C27H24F2N6O2/c1-14(36)31-10-15-13-37-25(32-15)21-11-30-12-22(33-21)27-8-7-17(26(27,2)3)16-9-20(34-35-24(16)27)23-18(28)5-4-6-19(23)29/h4-6,9,11-13,17H,7-8,10H2,1-3H3,(H,31,36)/t17-,27-/m0/s1. The van der Waals surface area contributed by atoms with Crippen LogP contribution >= 0.6 is 0 Å². The van der Waals surface area contributed by atoms with Crippen LogP contribution in [0.4, 0.5) is 8.78 Å². The molecule has 4 aromatic rings. The van der Waals surface area contributed by atoms with Crippen molar-refractivity contribution in [1.82, 2.24) is 30.5 Å². The zero-order valence-electron chi connectivity index (χ0n) is 20.5. The molecule has 2 aliphatic carbocycles. The number of halogens is 2. The third kappa shape index (κ3) is 3.38. The van der Waals surface area contributed by atoms with Gasteiger partial charge in [-0.25, -0.2) is 18.7 Å². The van der Waals surface area contributed by atoms with Gasteiger partial charge in [-0.15, -0.1) is 5.10 Å². The molecule has 8 nitrogen and oxygen atoms in total. The van der Waals surface area contributed by atoms with Crippen molar-refractivity contribution in [1.29, 1.82) is 0 Å². The van der Waals surface area contributed by atoms with Gasteiger partial charge in [-0.05, 0) is 47.9 Å². The Morgan fingerprint density at radius 1 is 1.14 bits per heavy atom. The number of hydrogen-bond donors (Lipinski definition) is 1. The Kier molecular flexibility index (Phi) is 5.18. The molecule has 1 aromatic carbocycles. The number of carbonyl (C=O) groups excluding carboxylic acids is 1. The molecule has 1 saturated carbocycles. The van der Waals surface area contributed by atoms with Gasteiger partial charge in [-0.2, -0.15) is 5.10 Å². The van der Waals surface area contributed by atoms with Gasteiger partial charge in [-0.3, -0.25) is 9.78 Å². The normalized spacial score (nSPS) is 21.2. The highest BCUT2D eigenvalue weighted by atomic mass is 19.1. The molecule has 2 atom stereocenters. The highest BCUT2D eigenvalue weighted by Gasteiger charge is 2.65. The molecule has 1 amide bonds. The molecule has 1 N–H and O–H groups in total. The second-order valence-corrected chi connectivity index (χ2v) is 10.2. The molecule has 188 valence electrons. The number of rotatable bonds is 5. The molecule has 1 fully saturated rings. The van der Waals surface area contributed by atoms with Crippen LogP contribution < -0.4 is 5.32 Å². The van der Waals surface area contributed by atoms with E-state index in [9.17, 15) is 13.6 Å². The fourth-order valence-electron chi connectivity index (χ4n) is 6.15. The van der Waals surface area contributed by atoms with Gasteiger partial charge in [0, 0.05) is 13.1 Å². The minimum Gasteiger partial charge on any atom is -0.443 e. The Labute approximate surface area is 211 Å². The maximum absolute atomic E-state index is 14.5. The number of aromatic nitrogens is 5. The molecule has 6 rings (SSSR count). The Morgan fingerprint density at radius 3 is 2.68 bits per heavy atom. The van der Waals surface area contributed by atoms with Crippen molar-refractivity contribution in [2.45, 2.75) is 51.5 Å². The number of fused-ring (bicyclic) bond motifs is 5. The van der Waals surface area contributed by atoms with Gasteiger partial charge in [-0.1, -0.05) is 19.9 Å². The fourth-order valence-corrected chi connectivity index (χ4v) is 6.15. The lowest BCUT2D eigenvalue weighted by atomic mass is 9.66. The molecular weight excluding hydrogens is 478 g/mol. The molecule has 0 spiro atoms. The number of hydrogen-bond acceptors (Lipinski definition) is 7. The van der Waals surface area contributed by atoms with Crippen LogP contribution in [0.1, 0.15) is 62.2 Å². The predicted molar refractivity (Wildman–Crippen MR) is 129 cm³/mol. The summed E-state index contributed by atoms with van der Waals surface area (Å²) in [5.41, 5.74) is 2.58. The number of oxazole rings is 1. The lowest BCUT2D eigenvalue weighted by Gasteiger charge is -2.37. The molecule has 37 heavy (non-hydrogen) atoms. The van der Waals surface area contributed by atoms with E-state index in [4.69, 9.17) is 9.40 Å². The van der Waals surface area contributed by atoms with Crippen LogP contribution in [-0.2, 0) is 16.8 Å². The Morgan fingerprint density at radius 2 is 1.92 bits per heavy atom. The molecule has 0 saturated heterocycles. The van der Waals surface area contributed by atoms with Crippen LogP contribution in [0, 0.1) is 17.0 Å². The molecular formula is C27H24F2N6O2. The quantitative estimate of drug-likeness (QED) is 0.421. The van der Waals surface area contributed by atoms with Crippen molar-refractivity contribution >= 4 is 5.91 Å². The van der Waals surface area contributed by atoms with Crippen molar-refractivity contribution in [3.8, 4) is 22.8 Å². The summed E-state index contributed by atoms with van der Waals surface area (Å²) < 4.78 is 34.6. The van der Waals surface area contributed by atoms with E-state index in [1.54, 1.807) is 18.5 Å². The van der Waals surface area contributed by atoms with E-state index < -0.39 is 17.0 Å². The van der Waals surface area contributed by atoms with Gasteiger partial charge in [0.1, 0.15) is 23.6 Å². The first-order valence-electron chi connectivity index (χ1n) is 12.1. The Bertz CT molecular complexity index is 1530. The monoisotopic (exact) mass is 502 g/mol. The first kappa shape index (κ1) is 23.3. The van der Waals surface area contributed by atoms with Crippen LogP contribution in [0.3, 0.4) is 0 Å². The van der Waals surface area contributed by atoms with Crippen molar-refractivity contribution < 1.29 is 18.0 Å². The number of carbonyl (C=O) groups is 1. The zero-order chi connectivity index (χ0) is 25.9. The average Bonchev–Trinajstić information content (AvgIpc) is 3.50. The van der Waals surface area contributed by atoms with Crippen molar-refractivity contribution in [2.24, 2.45) is 5.41 Å². The van der Waals surface area contributed by atoms with Crippen LogP contribution in [0.5, 0.6) is 0 Å². The molecule has 3 aromatic heterocycles. The summed E-state index contributed by atoms with van der Waals surface area (Å²) >= 11 is 0. The number of amides is 1. The van der Waals surface area contributed by atoms with E-state index in [0.29, 0.717) is 17.3 Å². The molecule has 2 bridgehead atoms. The summed E-state index contributed by atoms with van der Waals surface area (Å²) in [6.45, 7) is 6.02. The highest BCUT2D eigenvalue weighted by molar-refractivity contribution is 5.72. The van der Waals surface area contributed by atoms with Crippen LogP contribution in [0.25, 0.3) is 22.8 Å². The van der Waals surface area contributed by atoms with E-state index in [0.717, 1.165) is 29.8 Å². The smallest absolute Gasteiger partial charge is 0.246 e. The van der Waals surface area contributed by atoms with Gasteiger partial charge < -0.3 is 9.73 Å². The van der Waals surface area contributed by atoms with Gasteiger partial charge in [0.05, 0.1) is 46.5 Å². The van der Waals surface area contributed by atoms with E-state index in [1.807, 2.05) is 0 Å². The molecule has 2 aliphatic rings. The molecule has 0 radical (unpaired) electrons. The largest absolute Gasteiger partial charge is 0.443 e. The summed E-state index contributed by atoms with van der Waals surface area (Å²) in [6, 6.07) is 5.54.